The SMILES string of the molecule is CCC(C)NC(=O)C(Cc1ccccc1)N(Cc1cccc(Br)c1)C(=O)CN(c1cc(C)ccc1C)S(=O)(=O)N(C)C. The second kappa shape index (κ2) is 14.8. The molecule has 3 rings (SSSR count). The van der Waals surface area contributed by atoms with E-state index in [0.717, 1.165) is 36.2 Å². The minimum absolute atomic E-state index is 0.0980. The molecule has 0 aliphatic heterocycles. The van der Waals surface area contributed by atoms with Crippen molar-refractivity contribution >= 4 is 43.6 Å². The molecule has 0 bridgehead atoms. The number of amides is 2. The molecule has 0 aliphatic rings. The van der Waals surface area contributed by atoms with Crippen molar-refractivity contribution in [2.75, 3.05) is 24.9 Å². The fourth-order valence-electron chi connectivity index (χ4n) is 4.52. The highest BCUT2D eigenvalue weighted by atomic mass is 79.9. The van der Waals surface area contributed by atoms with E-state index in [1.807, 2.05) is 94.4 Å². The Balaban J connectivity index is 2.13. The molecule has 0 saturated carbocycles. The lowest BCUT2D eigenvalue weighted by molar-refractivity contribution is -0.140. The smallest absolute Gasteiger partial charge is 0.304 e. The first-order valence-corrected chi connectivity index (χ1v) is 16.2. The molecule has 226 valence electrons. The van der Waals surface area contributed by atoms with E-state index in [1.165, 1.54) is 19.0 Å². The van der Waals surface area contributed by atoms with Crippen molar-refractivity contribution < 1.29 is 18.0 Å². The summed E-state index contributed by atoms with van der Waals surface area (Å²) in [5.41, 5.74) is 3.70. The van der Waals surface area contributed by atoms with E-state index in [9.17, 15) is 18.0 Å². The largest absolute Gasteiger partial charge is 0.352 e. The zero-order chi connectivity index (χ0) is 31.0. The molecule has 0 aliphatic carbocycles. The molecule has 42 heavy (non-hydrogen) atoms. The third-order valence-electron chi connectivity index (χ3n) is 7.17. The van der Waals surface area contributed by atoms with Gasteiger partial charge < -0.3 is 10.2 Å². The number of hydrogen-bond acceptors (Lipinski definition) is 4. The van der Waals surface area contributed by atoms with Crippen LogP contribution < -0.4 is 9.62 Å². The molecule has 0 radical (unpaired) electrons. The number of carbonyl (C=O) groups is 2. The van der Waals surface area contributed by atoms with Crippen molar-refractivity contribution in [3.63, 3.8) is 0 Å². The minimum atomic E-state index is -4.06. The normalized spacial score (nSPS) is 13.0. The molecule has 2 unspecified atom stereocenters. The molecule has 0 saturated heterocycles. The molecule has 0 heterocycles. The average Bonchev–Trinajstić information content (AvgIpc) is 2.95. The number of carbonyl (C=O) groups excluding carboxylic acids is 2. The number of aryl methyl sites for hydroxylation is 2. The summed E-state index contributed by atoms with van der Waals surface area (Å²) in [5, 5.41) is 3.05. The van der Waals surface area contributed by atoms with Gasteiger partial charge in [-0.05, 0) is 67.6 Å². The Morgan fingerprint density at radius 1 is 0.929 bits per heavy atom. The van der Waals surface area contributed by atoms with E-state index in [1.54, 1.807) is 6.07 Å². The van der Waals surface area contributed by atoms with Gasteiger partial charge in [0.2, 0.25) is 11.8 Å². The zero-order valence-corrected chi connectivity index (χ0v) is 27.6. The predicted octanol–water partition coefficient (Wildman–Crippen LogP) is 5.23. The minimum Gasteiger partial charge on any atom is -0.352 e. The Morgan fingerprint density at radius 3 is 2.21 bits per heavy atom. The lowest BCUT2D eigenvalue weighted by atomic mass is 10.0. The van der Waals surface area contributed by atoms with Crippen molar-refractivity contribution in [3.8, 4) is 0 Å². The lowest BCUT2D eigenvalue weighted by Crippen LogP contribution is -2.55. The van der Waals surface area contributed by atoms with Crippen LogP contribution in [0, 0.1) is 13.8 Å². The van der Waals surface area contributed by atoms with Gasteiger partial charge in [-0.2, -0.15) is 12.7 Å². The van der Waals surface area contributed by atoms with E-state index >= 15 is 0 Å². The maximum atomic E-state index is 14.4. The van der Waals surface area contributed by atoms with Gasteiger partial charge in [0, 0.05) is 37.6 Å². The van der Waals surface area contributed by atoms with E-state index < -0.39 is 28.7 Å². The maximum Gasteiger partial charge on any atom is 0.304 e. The summed E-state index contributed by atoms with van der Waals surface area (Å²) >= 11 is 3.50. The maximum absolute atomic E-state index is 14.4. The van der Waals surface area contributed by atoms with Crippen molar-refractivity contribution in [3.05, 3.63) is 99.5 Å². The van der Waals surface area contributed by atoms with Crippen molar-refractivity contribution in [1.29, 1.82) is 0 Å². The first-order chi connectivity index (χ1) is 19.8. The highest BCUT2D eigenvalue weighted by molar-refractivity contribution is 9.10. The van der Waals surface area contributed by atoms with Crippen LogP contribution in [0.1, 0.15) is 42.5 Å². The number of anilines is 1. The summed E-state index contributed by atoms with van der Waals surface area (Å²) in [6, 6.07) is 21.6. The van der Waals surface area contributed by atoms with Crippen LogP contribution in [0.25, 0.3) is 0 Å². The second-order valence-corrected chi connectivity index (χ2v) is 13.7. The van der Waals surface area contributed by atoms with Gasteiger partial charge in [-0.3, -0.25) is 9.59 Å². The Kier molecular flexibility index (Phi) is 11.7. The summed E-state index contributed by atoms with van der Waals surface area (Å²) in [6.07, 6.45) is 0.998. The van der Waals surface area contributed by atoms with Crippen LogP contribution in [0.3, 0.4) is 0 Å². The molecule has 2 amide bonds. The number of hydrogen-bond donors (Lipinski definition) is 1. The second-order valence-electron chi connectivity index (χ2n) is 10.8. The summed E-state index contributed by atoms with van der Waals surface area (Å²) in [5.74, 6) is -0.771. The molecular formula is C32H41BrN4O4S. The summed E-state index contributed by atoms with van der Waals surface area (Å²) < 4.78 is 30.3. The molecule has 0 spiro atoms. The highest BCUT2D eigenvalue weighted by Crippen LogP contribution is 2.26. The first-order valence-electron chi connectivity index (χ1n) is 14.0. The molecule has 3 aromatic carbocycles. The van der Waals surface area contributed by atoms with Crippen molar-refractivity contribution in [2.45, 2.75) is 59.2 Å². The topological polar surface area (TPSA) is 90.0 Å². The zero-order valence-electron chi connectivity index (χ0n) is 25.2. The molecule has 0 fully saturated rings. The number of rotatable bonds is 13. The van der Waals surface area contributed by atoms with Gasteiger partial charge in [0.1, 0.15) is 12.6 Å². The van der Waals surface area contributed by atoms with Crippen LogP contribution >= 0.6 is 15.9 Å². The van der Waals surface area contributed by atoms with Crippen molar-refractivity contribution in [2.24, 2.45) is 0 Å². The van der Waals surface area contributed by atoms with Crippen LogP contribution in [-0.4, -0.2) is 62.2 Å². The molecule has 10 heteroatoms. The highest BCUT2D eigenvalue weighted by Gasteiger charge is 2.35. The van der Waals surface area contributed by atoms with Gasteiger partial charge in [0.25, 0.3) is 0 Å². The van der Waals surface area contributed by atoms with Gasteiger partial charge in [0.15, 0.2) is 0 Å². The Bertz CT molecular complexity index is 1480. The van der Waals surface area contributed by atoms with Gasteiger partial charge in [-0.25, -0.2) is 4.31 Å². The fourth-order valence-corrected chi connectivity index (χ4v) is 6.08. The first kappa shape index (κ1) is 33.3. The van der Waals surface area contributed by atoms with Gasteiger partial charge in [0.05, 0.1) is 5.69 Å². The summed E-state index contributed by atoms with van der Waals surface area (Å²) in [6.45, 7) is 7.24. The Labute approximate surface area is 259 Å². The molecule has 1 N–H and O–H groups in total. The predicted molar refractivity (Wildman–Crippen MR) is 172 cm³/mol. The van der Waals surface area contributed by atoms with Crippen LogP contribution in [0.2, 0.25) is 0 Å². The standard InChI is InChI=1S/C32H41BrN4O4S/c1-7-25(4)34-32(39)30(20-26-12-9-8-10-13-26)36(21-27-14-11-15-28(33)19-27)31(38)22-37(42(40,41)35(5)6)29-18-23(2)16-17-24(29)3/h8-19,25,30H,7,20-22H2,1-6H3,(H,34,39). The molecule has 8 nitrogen and oxygen atoms in total. The molecule has 0 aromatic heterocycles. The van der Waals surface area contributed by atoms with Crippen LogP contribution in [-0.2, 0) is 32.8 Å². The number of halogens is 1. The van der Waals surface area contributed by atoms with Crippen LogP contribution in [0.5, 0.6) is 0 Å². The van der Waals surface area contributed by atoms with Crippen LogP contribution in [0.15, 0.2) is 77.3 Å². The molecule has 3 aromatic rings. The number of nitrogens with one attached hydrogen (secondary N) is 1. The summed E-state index contributed by atoms with van der Waals surface area (Å²) in [7, 11) is -1.18. The van der Waals surface area contributed by atoms with E-state index in [-0.39, 0.29) is 24.9 Å². The van der Waals surface area contributed by atoms with Crippen molar-refractivity contribution in [1.82, 2.24) is 14.5 Å². The Morgan fingerprint density at radius 2 is 1.60 bits per heavy atom. The number of nitrogens with zero attached hydrogens (tertiary/aromatic N) is 3. The molecule has 2 atom stereocenters. The van der Waals surface area contributed by atoms with Gasteiger partial charge in [-0.1, -0.05) is 77.5 Å². The van der Waals surface area contributed by atoms with E-state index in [4.69, 9.17) is 0 Å². The van der Waals surface area contributed by atoms with E-state index in [0.29, 0.717) is 11.3 Å². The van der Waals surface area contributed by atoms with Gasteiger partial charge in [-0.15, -0.1) is 0 Å². The third-order valence-corrected chi connectivity index (χ3v) is 9.47. The lowest BCUT2D eigenvalue weighted by Gasteiger charge is -2.35. The van der Waals surface area contributed by atoms with Crippen LogP contribution in [0.4, 0.5) is 5.69 Å². The van der Waals surface area contributed by atoms with E-state index in [2.05, 4.69) is 21.2 Å². The fraction of sp³-hybridized carbons (Fsp3) is 0.375. The Hall–Kier alpha value is -3.21. The average molecular weight is 658 g/mol. The quantitative estimate of drug-likeness (QED) is 0.273. The molecular weight excluding hydrogens is 616 g/mol. The summed E-state index contributed by atoms with van der Waals surface area (Å²) in [4.78, 5) is 29.7. The monoisotopic (exact) mass is 656 g/mol. The number of benzene rings is 3. The van der Waals surface area contributed by atoms with Gasteiger partial charge >= 0.3 is 10.2 Å². The third kappa shape index (κ3) is 8.65.